The van der Waals surface area contributed by atoms with Gasteiger partial charge in [-0.1, -0.05) is 120 Å². The molecule has 2 rings (SSSR count). The van der Waals surface area contributed by atoms with Gasteiger partial charge in [0.2, 0.25) is 0 Å². The minimum atomic E-state index is -0.113. The van der Waals surface area contributed by atoms with E-state index in [0.717, 1.165) is 54.6 Å². The van der Waals surface area contributed by atoms with Gasteiger partial charge in [0.25, 0.3) is 0 Å². The van der Waals surface area contributed by atoms with Gasteiger partial charge in [0.1, 0.15) is 11.5 Å². The third kappa shape index (κ3) is 10.2. The zero-order valence-electron chi connectivity index (χ0n) is 28.0. The van der Waals surface area contributed by atoms with Crippen molar-refractivity contribution in [3.05, 3.63) is 82.2 Å². The number of phenolic OH excluding ortho intramolecular Hbond substituents is 2. The Morgan fingerprint density at radius 2 is 0.780 bits per heavy atom. The Balaban J connectivity index is 1.85. The van der Waals surface area contributed by atoms with Crippen molar-refractivity contribution in [3.63, 3.8) is 0 Å². The fourth-order valence-corrected chi connectivity index (χ4v) is 4.93. The lowest BCUT2D eigenvalue weighted by atomic mass is 9.78. The summed E-state index contributed by atoms with van der Waals surface area (Å²) in [5.41, 5.74) is 6.03. The van der Waals surface area contributed by atoms with Gasteiger partial charge in [-0.3, -0.25) is 0 Å². The van der Waals surface area contributed by atoms with Crippen molar-refractivity contribution < 1.29 is 10.2 Å². The first-order valence-electron chi connectivity index (χ1n) is 15.2. The Morgan fingerprint density at radius 1 is 0.512 bits per heavy atom. The summed E-state index contributed by atoms with van der Waals surface area (Å²) in [5, 5.41) is 28.7. The minimum Gasteiger partial charge on any atom is -0.507 e. The van der Waals surface area contributed by atoms with Gasteiger partial charge in [-0.15, -0.1) is 0 Å². The normalized spacial score (nSPS) is 13.4. The first-order valence-corrected chi connectivity index (χ1v) is 15.2. The van der Waals surface area contributed by atoms with Crippen molar-refractivity contribution in [2.45, 2.75) is 124 Å². The monoisotopic (exact) mass is 562 g/mol. The molecule has 0 radical (unpaired) electrons. The highest BCUT2D eigenvalue weighted by atomic mass is 16.3. The summed E-state index contributed by atoms with van der Waals surface area (Å²) in [6.07, 6.45) is 11.1. The van der Waals surface area contributed by atoms with E-state index in [-0.39, 0.29) is 21.7 Å². The van der Waals surface area contributed by atoms with Gasteiger partial charge < -0.3 is 20.8 Å². The van der Waals surface area contributed by atoms with Crippen LogP contribution in [0.25, 0.3) is 0 Å². The number of aromatic hydroxyl groups is 2. The van der Waals surface area contributed by atoms with Crippen LogP contribution in [0.5, 0.6) is 11.5 Å². The van der Waals surface area contributed by atoms with Gasteiger partial charge >= 0.3 is 0 Å². The van der Waals surface area contributed by atoms with Gasteiger partial charge in [-0.05, 0) is 86.7 Å². The van der Waals surface area contributed by atoms with E-state index < -0.39 is 0 Å². The maximum absolute atomic E-state index is 10.9. The topological polar surface area (TPSA) is 64.5 Å². The molecule has 0 heterocycles. The van der Waals surface area contributed by atoms with Crippen molar-refractivity contribution >= 4 is 0 Å². The number of hydrogen-bond donors (Lipinski definition) is 4. The minimum absolute atomic E-state index is 0.113. The largest absolute Gasteiger partial charge is 0.507 e. The summed E-state index contributed by atoms with van der Waals surface area (Å²) in [7, 11) is 0. The van der Waals surface area contributed by atoms with Crippen LogP contribution in [-0.2, 0) is 34.5 Å². The molecule has 0 unspecified atom stereocenters. The average molecular weight is 563 g/mol. The molecule has 4 N–H and O–H groups in total. The standard InChI is InChI=1S/C37H58N2O2/c1-34(2,3)28-22-26(23-29(32(28)40)35(4,5)6)16-13-18-38-20-15-21-39-19-14-17-27-24-30(36(7,8)9)33(41)31(25-27)37(10,11)12/h13-14,18-19,22-25,38-41H,15-17,20-21H2,1-12H3. The highest BCUT2D eigenvalue weighted by Gasteiger charge is 2.27. The summed E-state index contributed by atoms with van der Waals surface area (Å²) in [6.45, 7) is 27.6. The molecule has 0 aliphatic heterocycles. The number of rotatable bonds is 10. The first-order chi connectivity index (χ1) is 18.7. The molecule has 2 aromatic carbocycles. The van der Waals surface area contributed by atoms with Crippen molar-refractivity contribution in [2.24, 2.45) is 0 Å². The van der Waals surface area contributed by atoms with Crippen LogP contribution < -0.4 is 10.6 Å². The fourth-order valence-electron chi connectivity index (χ4n) is 4.93. The average Bonchev–Trinajstić information content (AvgIpc) is 2.81. The van der Waals surface area contributed by atoms with Gasteiger partial charge in [-0.25, -0.2) is 0 Å². The van der Waals surface area contributed by atoms with Crippen LogP contribution in [0.4, 0.5) is 0 Å². The van der Waals surface area contributed by atoms with Crippen molar-refractivity contribution in [2.75, 3.05) is 13.1 Å². The molecule has 0 saturated carbocycles. The molecule has 0 aliphatic rings. The number of benzene rings is 2. The summed E-state index contributed by atoms with van der Waals surface area (Å²) in [6, 6.07) is 8.60. The second-order valence-electron chi connectivity index (χ2n) is 15.6. The molecular formula is C37H58N2O2. The fraction of sp³-hybridized carbons (Fsp3) is 0.568. The van der Waals surface area contributed by atoms with E-state index in [0.29, 0.717) is 11.5 Å². The molecule has 0 spiro atoms. The second kappa shape index (κ2) is 13.4. The Kier molecular flexibility index (Phi) is 11.2. The lowest BCUT2D eigenvalue weighted by Gasteiger charge is -2.28. The third-order valence-electron chi connectivity index (χ3n) is 7.39. The van der Waals surface area contributed by atoms with E-state index in [2.05, 4.69) is 130 Å². The lowest BCUT2D eigenvalue weighted by molar-refractivity contribution is 0.422. The summed E-state index contributed by atoms with van der Waals surface area (Å²) in [4.78, 5) is 0. The maximum atomic E-state index is 10.9. The number of phenols is 2. The molecule has 0 aliphatic carbocycles. The molecule has 0 saturated heterocycles. The van der Waals surface area contributed by atoms with E-state index in [1.165, 1.54) is 11.1 Å². The van der Waals surface area contributed by atoms with Gasteiger partial charge in [-0.2, -0.15) is 0 Å². The zero-order chi connectivity index (χ0) is 31.2. The highest BCUT2D eigenvalue weighted by molar-refractivity contribution is 5.51. The maximum Gasteiger partial charge on any atom is 0.123 e. The van der Waals surface area contributed by atoms with Gasteiger partial charge in [0.05, 0.1) is 0 Å². The highest BCUT2D eigenvalue weighted by Crippen LogP contribution is 2.41. The molecule has 0 bridgehead atoms. The first kappa shape index (κ1) is 34.3. The van der Waals surface area contributed by atoms with E-state index in [4.69, 9.17) is 0 Å². The van der Waals surface area contributed by atoms with Crippen molar-refractivity contribution in [3.8, 4) is 11.5 Å². The molecule has 2 aromatic rings. The summed E-state index contributed by atoms with van der Waals surface area (Å²) in [5.74, 6) is 0.870. The molecule has 0 aromatic heterocycles. The van der Waals surface area contributed by atoms with Crippen LogP contribution in [0.15, 0.2) is 48.8 Å². The Hall–Kier alpha value is -2.88. The smallest absolute Gasteiger partial charge is 0.123 e. The van der Waals surface area contributed by atoms with Crippen LogP contribution in [0, 0.1) is 0 Å². The van der Waals surface area contributed by atoms with Crippen LogP contribution in [0.3, 0.4) is 0 Å². The molecule has 0 atom stereocenters. The van der Waals surface area contributed by atoms with E-state index >= 15 is 0 Å². The number of allylic oxidation sites excluding steroid dienone is 2. The third-order valence-corrected chi connectivity index (χ3v) is 7.39. The number of hydrogen-bond acceptors (Lipinski definition) is 4. The molecule has 0 amide bonds. The SMILES string of the molecule is CC(C)(C)c1cc(CC=CNCCCNC=CCc2cc(C(C)(C)C)c(O)c(C(C)(C)C)c2)cc(C(C)(C)C)c1O. The van der Waals surface area contributed by atoms with Crippen molar-refractivity contribution in [1.29, 1.82) is 0 Å². The van der Waals surface area contributed by atoms with Crippen LogP contribution >= 0.6 is 0 Å². The van der Waals surface area contributed by atoms with E-state index in [1.807, 2.05) is 12.4 Å². The molecule has 228 valence electrons. The molecule has 4 heteroatoms. The molecular weight excluding hydrogens is 504 g/mol. The Bertz CT molecular complexity index is 1040. The Morgan fingerprint density at radius 3 is 1.02 bits per heavy atom. The Labute approximate surface area is 251 Å². The van der Waals surface area contributed by atoms with E-state index in [1.54, 1.807) is 0 Å². The van der Waals surface area contributed by atoms with Gasteiger partial charge in [0.15, 0.2) is 0 Å². The van der Waals surface area contributed by atoms with E-state index in [9.17, 15) is 10.2 Å². The molecule has 0 fully saturated rings. The quantitative estimate of drug-likeness (QED) is 0.219. The number of nitrogens with one attached hydrogen (secondary N) is 2. The van der Waals surface area contributed by atoms with Gasteiger partial charge in [0, 0.05) is 13.1 Å². The van der Waals surface area contributed by atoms with Crippen LogP contribution in [0.2, 0.25) is 0 Å². The summed E-state index contributed by atoms with van der Waals surface area (Å²) < 4.78 is 0. The van der Waals surface area contributed by atoms with Crippen molar-refractivity contribution in [1.82, 2.24) is 10.6 Å². The molecule has 41 heavy (non-hydrogen) atoms. The molecule has 4 nitrogen and oxygen atoms in total. The predicted molar refractivity (Wildman–Crippen MR) is 177 cm³/mol. The zero-order valence-corrected chi connectivity index (χ0v) is 28.0. The van der Waals surface area contributed by atoms with Crippen LogP contribution in [0.1, 0.15) is 123 Å². The van der Waals surface area contributed by atoms with Crippen LogP contribution in [-0.4, -0.2) is 23.3 Å². The lowest BCUT2D eigenvalue weighted by Crippen LogP contribution is -2.18. The second-order valence-corrected chi connectivity index (χ2v) is 15.6. The predicted octanol–water partition coefficient (Wildman–Crippen LogP) is 8.67. The summed E-state index contributed by atoms with van der Waals surface area (Å²) >= 11 is 0.